The fraction of sp³-hybridized carbons (Fsp3) is 0.467. The summed E-state index contributed by atoms with van der Waals surface area (Å²) in [7, 11) is 0. The molecule has 0 saturated carbocycles. The molecular formula is C15H19NO4. The van der Waals surface area contributed by atoms with E-state index in [9.17, 15) is 9.59 Å². The molecule has 5 nitrogen and oxygen atoms in total. The zero-order valence-electron chi connectivity index (χ0n) is 11.8. The molecule has 1 saturated heterocycles. The lowest BCUT2D eigenvalue weighted by Crippen LogP contribution is -2.38. The smallest absolute Gasteiger partial charge is 0.336 e. The monoisotopic (exact) mass is 277 g/mol. The SMILES string of the molecule is Cc1c(OC(C)C(=O)N2CCCC2)cccc1C(=O)O. The number of carbonyl (C=O) groups excluding carboxylic acids is 1. The largest absolute Gasteiger partial charge is 0.481 e. The molecule has 1 N–H and O–H groups in total. The predicted octanol–water partition coefficient (Wildman–Crippen LogP) is 2.08. The number of carboxylic acid groups (broad SMARTS) is 1. The third kappa shape index (κ3) is 2.92. The molecule has 0 spiro atoms. The number of hydrogen-bond donors (Lipinski definition) is 1. The van der Waals surface area contributed by atoms with Crippen LogP contribution in [0.15, 0.2) is 18.2 Å². The van der Waals surface area contributed by atoms with Crippen LogP contribution in [0.25, 0.3) is 0 Å². The molecule has 1 aromatic rings. The van der Waals surface area contributed by atoms with E-state index in [2.05, 4.69) is 0 Å². The molecule has 0 bridgehead atoms. The van der Waals surface area contributed by atoms with Crippen LogP contribution in [0, 0.1) is 6.92 Å². The molecule has 0 aromatic heterocycles. The number of nitrogens with zero attached hydrogens (tertiary/aromatic N) is 1. The van der Waals surface area contributed by atoms with Gasteiger partial charge in [-0.25, -0.2) is 4.79 Å². The minimum atomic E-state index is -0.994. The summed E-state index contributed by atoms with van der Waals surface area (Å²) in [4.78, 5) is 25.0. The van der Waals surface area contributed by atoms with Gasteiger partial charge in [0.1, 0.15) is 5.75 Å². The third-order valence-electron chi connectivity index (χ3n) is 3.58. The van der Waals surface area contributed by atoms with E-state index in [1.807, 2.05) is 0 Å². The van der Waals surface area contributed by atoms with Gasteiger partial charge in [-0.1, -0.05) is 6.07 Å². The molecule has 1 heterocycles. The average Bonchev–Trinajstić information content (AvgIpc) is 2.93. The Balaban J connectivity index is 2.11. The highest BCUT2D eigenvalue weighted by atomic mass is 16.5. The summed E-state index contributed by atoms with van der Waals surface area (Å²) < 4.78 is 5.66. The van der Waals surface area contributed by atoms with E-state index in [-0.39, 0.29) is 11.5 Å². The lowest BCUT2D eigenvalue weighted by molar-refractivity contribution is -0.136. The van der Waals surface area contributed by atoms with Crippen molar-refractivity contribution in [3.8, 4) is 5.75 Å². The quantitative estimate of drug-likeness (QED) is 0.915. The van der Waals surface area contributed by atoms with Gasteiger partial charge in [0, 0.05) is 18.7 Å². The number of amides is 1. The van der Waals surface area contributed by atoms with Crippen LogP contribution in [0.2, 0.25) is 0 Å². The number of benzene rings is 1. The summed E-state index contributed by atoms with van der Waals surface area (Å²) >= 11 is 0. The van der Waals surface area contributed by atoms with Gasteiger partial charge in [0.25, 0.3) is 5.91 Å². The Morgan fingerprint density at radius 1 is 1.30 bits per heavy atom. The Morgan fingerprint density at radius 3 is 2.55 bits per heavy atom. The van der Waals surface area contributed by atoms with E-state index in [1.54, 1.807) is 30.9 Å². The molecule has 1 aliphatic rings. The van der Waals surface area contributed by atoms with E-state index in [0.717, 1.165) is 25.9 Å². The first-order valence-corrected chi connectivity index (χ1v) is 6.79. The van der Waals surface area contributed by atoms with Gasteiger partial charge in [-0.05, 0) is 38.8 Å². The standard InChI is InChI=1S/C15H19NO4/c1-10-12(15(18)19)6-5-7-13(10)20-11(2)14(17)16-8-3-4-9-16/h5-7,11H,3-4,8-9H2,1-2H3,(H,18,19). The summed E-state index contributed by atoms with van der Waals surface area (Å²) in [6, 6.07) is 4.84. The van der Waals surface area contributed by atoms with Crippen molar-refractivity contribution in [3.63, 3.8) is 0 Å². The van der Waals surface area contributed by atoms with Crippen molar-refractivity contribution >= 4 is 11.9 Å². The Bertz CT molecular complexity index is 521. The van der Waals surface area contributed by atoms with Gasteiger partial charge in [-0.3, -0.25) is 4.79 Å². The van der Waals surface area contributed by atoms with E-state index in [0.29, 0.717) is 11.3 Å². The average molecular weight is 277 g/mol. The maximum Gasteiger partial charge on any atom is 0.336 e. The second kappa shape index (κ2) is 5.94. The van der Waals surface area contributed by atoms with Crippen LogP contribution in [-0.4, -0.2) is 41.1 Å². The molecule has 0 aliphatic carbocycles. The minimum Gasteiger partial charge on any atom is -0.481 e. The molecule has 20 heavy (non-hydrogen) atoms. The van der Waals surface area contributed by atoms with Crippen molar-refractivity contribution in [2.75, 3.05) is 13.1 Å². The third-order valence-corrected chi connectivity index (χ3v) is 3.58. The normalized spacial score (nSPS) is 16.0. The summed E-state index contributed by atoms with van der Waals surface area (Å²) in [6.07, 6.45) is 1.47. The lowest BCUT2D eigenvalue weighted by atomic mass is 10.1. The number of carboxylic acids is 1. The zero-order valence-corrected chi connectivity index (χ0v) is 11.8. The van der Waals surface area contributed by atoms with Crippen molar-refractivity contribution < 1.29 is 19.4 Å². The van der Waals surface area contributed by atoms with E-state index in [4.69, 9.17) is 9.84 Å². The van der Waals surface area contributed by atoms with Crippen molar-refractivity contribution in [1.29, 1.82) is 0 Å². The fourth-order valence-corrected chi connectivity index (χ4v) is 2.41. The van der Waals surface area contributed by atoms with Gasteiger partial charge >= 0.3 is 5.97 Å². The van der Waals surface area contributed by atoms with Crippen LogP contribution in [0.4, 0.5) is 0 Å². The number of rotatable bonds is 4. The Hall–Kier alpha value is -2.04. The molecule has 5 heteroatoms. The first-order valence-electron chi connectivity index (χ1n) is 6.79. The first kappa shape index (κ1) is 14.4. The van der Waals surface area contributed by atoms with Crippen LogP contribution < -0.4 is 4.74 Å². The highest BCUT2D eigenvalue weighted by Gasteiger charge is 2.25. The Labute approximate surface area is 118 Å². The maximum absolute atomic E-state index is 12.2. The second-order valence-electron chi connectivity index (χ2n) is 5.03. The van der Waals surface area contributed by atoms with Crippen molar-refractivity contribution in [3.05, 3.63) is 29.3 Å². The van der Waals surface area contributed by atoms with Crippen LogP contribution in [0.3, 0.4) is 0 Å². The Morgan fingerprint density at radius 2 is 1.95 bits per heavy atom. The number of aromatic carboxylic acids is 1. The number of ether oxygens (including phenoxy) is 1. The van der Waals surface area contributed by atoms with E-state index in [1.165, 1.54) is 6.07 Å². The predicted molar refractivity (Wildman–Crippen MR) is 74.0 cm³/mol. The minimum absolute atomic E-state index is 0.0392. The van der Waals surface area contributed by atoms with Gasteiger partial charge in [0.2, 0.25) is 0 Å². The number of carbonyl (C=O) groups is 2. The lowest BCUT2D eigenvalue weighted by Gasteiger charge is -2.22. The van der Waals surface area contributed by atoms with Crippen molar-refractivity contribution in [1.82, 2.24) is 4.90 Å². The highest BCUT2D eigenvalue weighted by Crippen LogP contribution is 2.23. The molecule has 108 valence electrons. The summed E-state index contributed by atoms with van der Waals surface area (Å²) in [5.41, 5.74) is 0.740. The second-order valence-corrected chi connectivity index (χ2v) is 5.03. The van der Waals surface area contributed by atoms with Crippen LogP contribution in [0.5, 0.6) is 5.75 Å². The van der Waals surface area contributed by atoms with Crippen LogP contribution in [0.1, 0.15) is 35.7 Å². The fourth-order valence-electron chi connectivity index (χ4n) is 2.41. The van der Waals surface area contributed by atoms with Gasteiger partial charge in [0.05, 0.1) is 5.56 Å². The maximum atomic E-state index is 12.2. The van der Waals surface area contributed by atoms with Gasteiger partial charge < -0.3 is 14.7 Å². The highest BCUT2D eigenvalue weighted by molar-refractivity contribution is 5.90. The van der Waals surface area contributed by atoms with Gasteiger partial charge in [-0.2, -0.15) is 0 Å². The molecule has 1 atom stereocenters. The Kier molecular flexibility index (Phi) is 4.27. The number of likely N-dealkylation sites (tertiary alicyclic amines) is 1. The molecule has 1 aromatic carbocycles. The van der Waals surface area contributed by atoms with Gasteiger partial charge in [0.15, 0.2) is 6.10 Å². The van der Waals surface area contributed by atoms with Crippen LogP contribution in [-0.2, 0) is 4.79 Å². The first-order chi connectivity index (χ1) is 9.50. The molecule has 1 fully saturated rings. The molecule has 2 rings (SSSR count). The number of hydrogen-bond acceptors (Lipinski definition) is 3. The summed E-state index contributed by atoms with van der Waals surface area (Å²) in [6.45, 7) is 4.95. The van der Waals surface area contributed by atoms with Crippen molar-refractivity contribution in [2.45, 2.75) is 32.8 Å². The molecule has 0 radical (unpaired) electrons. The van der Waals surface area contributed by atoms with E-state index < -0.39 is 12.1 Å². The van der Waals surface area contributed by atoms with Crippen LogP contribution >= 0.6 is 0 Å². The molecular weight excluding hydrogens is 258 g/mol. The van der Waals surface area contributed by atoms with Gasteiger partial charge in [-0.15, -0.1) is 0 Å². The van der Waals surface area contributed by atoms with Crippen molar-refractivity contribution in [2.24, 2.45) is 0 Å². The molecule has 1 unspecified atom stereocenters. The summed E-state index contributed by atoms with van der Waals surface area (Å²) in [5, 5.41) is 9.08. The molecule has 1 aliphatic heterocycles. The summed E-state index contributed by atoms with van der Waals surface area (Å²) in [5.74, 6) is -0.584. The topological polar surface area (TPSA) is 66.8 Å². The zero-order chi connectivity index (χ0) is 14.7. The van der Waals surface area contributed by atoms with E-state index >= 15 is 0 Å². The molecule has 1 amide bonds.